The molecule has 0 fully saturated rings. The molecule has 0 radical (unpaired) electrons. The van der Waals surface area contributed by atoms with E-state index in [-0.39, 0.29) is 16.7 Å². The van der Waals surface area contributed by atoms with Crippen molar-refractivity contribution in [3.63, 3.8) is 0 Å². The summed E-state index contributed by atoms with van der Waals surface area (Å²) in [5.74, 6) is -5.33. The van der Waals surface area contributed by atoms with Gasteiger partial charge in [-0.3, -0.25) is 0 Å². The lowest BCUT2D eigenvalue weighted by Crippen LogP contribution is -2.02. The van der Waals surface area contributed by atoms with Crippen molar-refractivity contribution in [3.05, 3.63) is 53.1 Å². The van der Waals surface area contributed by atoms with Gasteiger partial charge in [0, 0.05) is 4.90 Å². The van der Waals surface area contributed by atoms with Crippen molar-refractivity contribution >= 4 is 11.8 Å². The molecule has 0 unspecified atom stereocenters. The second-order valence-corrected chi connectivity index (χ2v) is 5.50. The van der Waals surface area contributed by atoms with Gasteiger partial charge >= 0.3 is 5.51 Å². The summed E-state index contributed by atoms with van der Waals surface area (Å²) >= 11 is -0.659. The van der Waals surface area contributed by atoms with Crippen LogP contribution in [-0.4, -0.2) is 5.51 Å². The molecule has 0 aliphatic heterocycles. The fourth-order valence-electron chi connectivity index (χ4n) is 1.88. The minimum atomic E-state index is -4.74. The number of aryl methyl sites for hydroxylation is 1. The summed E-state index contributed by atoms with van der Waals surface area (Å²) < 4.78 is 90.6. The maximum Gasteiger partial charge on any atom is 0.446 e. The largest absolute Gasteiger partial charge is 0.446 e. The van der Waals surface area contributed by atoms with E-state index in [0.717, 1.165) is 6.07 Å². The molecule has 0 atom stereocenters. The van der Waals surface area contributed by atoms with Gasteiger partial charge in [-0.05, 0) is 59.6 Å². The molecule has 2 aromatic carbocycles. The Hall–Kier alpha value is -1.70. The van der Waals surface area contributed by atoms with E-state index in [1.165, 1.54) is 6.92 Å². The Labute approximate surface area is 125 Å². The Morgan fingerprint density at radius 3 is 1.73 bits per heavy atom. The molecule has 0 bridgehead atoms. The van der Waals surface area contributed by atoms with Crippen LogP contribution >= 0.6 is 11.8 Å². The minimum Gasteiger partial charge on any atom is -0.204 e. The number of thioether (sulfide) groups is 1. The second kappa shape index (κ2) is 5.83. The molecule has 0 amide bonds. The molecule has 2 aromatic rings. The molecule has 0 spiro atoms. The quantitative estimate of drug-likeness (QED) is 0.490. The maximum absolute atomic E-state index is 13.4. The zero-order chi connectivity index (χ0) is 16.7. The van der Waals surface area contributed by atoms with Gasteiger partial charge in [-0.2, -0.15) is 13.2 Å². The zero-order valence-electron chi connectivity index (χ0n) is 10.9. The molecule has 0 aliphatic rings. The molecule has 2 rings (SSSR count). The molecule has 0 N–H and O–H groups in total. The summed E-state index contributed by atoms with van der Waals surface area (Å²) in [6.07, 6.45) is 0. The number of halogens is 7. The normalized spacial score (nSPS) is 11.8. The number of hydrogen-bond donors (Lipinski definition) is 0. The monoisotopic (exact) mass is 340 g/mol. The summed E-state index contributed by atoms with van der Waals surface area (Å²) in [4.78, 5) is -0.638. The van der Waals surface area contributed by atoms with Gasteiger partial charge in [0.05, 0.1) is 0 Å². The number of benzene rings is 2. The number of alkyl halides is 3. The summed E-state index contributed by atoms with van der Waals surface area (Å²) in [6, 6.07) is 2.33. The van der Waals surface area contributed by atoms with Crippen LogP contribution in [0.15, 0.2) is 29.2 Å². The number of hydrogen-bond acceptors (Lipinski definition) is 1. The van der Waals surface area contributed by atoms with Gasteiger partial charge in [0.15, 0.2) is 23.3 Å². The first kappa shape index (κ1) is 16.7. The van der Waals surface area contributed by atoms with Gasteiger partial charge in [0.25, 0.3) is 0 Å². The summed E-state index contributed by atoms with van der Waals surface area (Å²) in [6.45, 7) is 1.32. The highest BCUT2D eigenvalue weighted by atomic mass is 32.2. The Morgan fingerprint density at radius 1 is 0.727 bits per heavy atom. The van der Waals surface area contributed by atoms with E-state index in [0.29, 0.717) is 18.2 Å². The minimum absolute atomic E-state index is 0.0916. The highest BCUT2D eigenvalue weighted by Crippen LogP contribution is 2.43. The Balaban J connectivity index is 2.68. The molecule has 0 saturated heterocycles. The zero-order valence-corrected chi connectivity index (χ0v) is 11.7. The lowest BCUT2D eigenvalue weighted by molar-refractivity contribution is -0.0328. The van der Waals surface area contributed by atoms with Crippen LogP contribution in [0.25, 0.3) is 11.1 Å². The van der Waals surface area contributed by atoms with Crippen LogP contribution in [0.2, 0.25) is 0 Å². The molecule has 22 heavy (non-hydrogen) atoms. The van der Waals surface area contributed by atoms with Crippen LogP contribution in [0.5, 0.6) is 0 Å². The van der Waals surface area contributed by atoms with Crippen LogP contribution < -0.4 is 0 Å². The lowest BCUT2D eigenvalue weighted by Gasteiger charge is -2.14. The molecular formula is C14H7F7S. The topological polar surface area (TPSA) is 0 Å². The fourth-order valence-corrected chi connectivity index (χ4v) is 2.58. The van der Waals surface area contributed by atoms with E-state index >= 15 is 0 Å². The van der Waals surface area contributed by atoms with Gasteiger partial charge in [-0.1, -0.05) is 0 Å². The van der Waals surface area contributed by atoms with Gasteiger partial charge < -0.3 is 0 Å². The lowest BCUT2D eigenvalue weighted by atomic mass is 10.00. The van der Waals surface area contributed by atoms with E-state index in [9.17, 15) is 30.7 Å². The van der Waals surface area contributed by atoms with E-state index in [1.54, 1.807) is 0 Å². The van der Waals surface area contributed by atoms with Crippen molar-refractivity contribution in [2.75, 3.05) is 0 Å². The standard InChI is InChI=1S/C14H7F7S/c1-6-2-9(15)10(16)3-7(6)8-4-11(17)12(18)5-13(8)22-14(19,20)21/h2-5H,1H3. The first-order chi connectivity index (χ1) is 10.1. The first-order valence-corrected chi connectivity index (χ1v) is 6.61. The van der Waals surface area contributed by atoms with Crippen molar-refractivity contribution in [1.29, 1.82) is 0 Å². The van der Waals surface area contributed by atoms with E-state index in [2.05, 4.69) is 0 Å². The number of rotatable bonds is 2. The van der Waals surface area contributed by atoms with E-state index in [1.807, 2.05) is 0 Å². The van der Waals surface area contributed by atoms with E-state index in [4.69, 9.17) is 0 Å². The third-order valence-corrected chi connectivity index (χ3v) is 3.59. The summed E-state index contributed by atoms with van der Waals surface area (Å²) in [7, 11) is 0. The van der Waals surface area contributed by atoms with Gasteiger partial charge in [0.1, 0.15) is 0 Å². The molecule has 0 nitrogen and oxygen atoms in total. The fraction of sp³-hybridized carbons (Fsp3) is 0.143. The molecule has 0 aliphatic carbocycles. The van der Waals surface area contributed by atoms with Crippen LogP contribution in [0.4, 0.5) is 30.7 Å². The third-order valence-electron chi connectivity index (χ3n) is 2.81. The van der Waals surface area contributed by atoms with Gasteiger partial charge in [-0.25, -0.2) is 17.6 Å². The average Bonchev–Trinajstić information content (AvgIpc) is 2.36. The van der Waals surface area contributed by atoms with Crippen molar-refractivity contribution < 1.29 is 30.7 Å². The van der Waals surface area contributed by atoms with Crippen LogP contribution in [-0.2, 0) is 0 Å². The molecule has 0 heterocycles. The Kier molecular flexibility index (Phi) is 4.42. The smallest absolute Gasteiger partial charge is 0.204 e. The molecular weight excluding hydrogens is 333 g/mol. The third kappa shape index (κ3) is 3.55. The molecule has 118 valence electrons. The van der Waals surface area contributed by atoms with Crippen LogP contribution in [0, 0.1) is 30.2 Å². The van der Waals surface area contributed by atoms with Gasteiger partial charge in [0.2, 0.25) is 0 Å². The predicted octanol–water partition coefficient (Wildman–Crippen LogP) is 5.83. The Morgan fingerprint density at radius 2 is 1.18 bits per heavy atom. The van der Waals surface area contributed by atoms with Crippen molar-refractivity contribution in [3.8, 4) is 11.1 Å². The maximum atomic E-state index is 13.4. The highest BCUT2D eigenvalue weighted by molar-refractivity contribution is 8.00. The first-order valence-electron chi connectivity index (χ1n) is 5.79. The van der Waals surface area contributed by atoms with Crippen LogP contribution in [0.3, 0.4) is 0 Å². The second-order valence-electron chi connectivity index (χ2n) is 4.39. The molecule has 0 saturated carbocycles. The average molecular weight is 340 g/mol. The summed E-state index contributed by atoms with van der Waals surface area (Å²) in [5.41, 5.74) is -5.16. The SMILES string of the molecule is Cc1cc(F)c(F)cc1-c1cc(F)c(F)cc1SC(F)(F)F. The van der Waals surface area contributed by atoms with Crippen molar-refractivity contribution in [1.82, 2.24) is 0 Å². The van der Waals surface area contributed by atoms with Crippen molar-refractivity contribution in [2.24, 2.45) is 0 Å². The molecule has 8 heteroatoms. The Bertz CT molecular complexity index is 722. The van der Waals surface area contributed by atoms with Gasteiger partial charge in [-0.15, -0.1) is 0 Å². The summed E-state index contributed by atoms with van der Waals surface area (Å²) in [5, 5.41) is 0. The van der Waals surface area contributed by atoms with Crippen molar-refractivity contribution in [2.45, 2.75) is 17.3 Å². The highest BCUT2D eigenvalue weighted by Gasteiger charge is 2.31. The predicted molar refractivity (Wildman–Crippen MR) is 68.4 cm³/mol. The molecule has 0 aromatic heterocycles. The van der Waals surface area contributed by atoms with E-state index < -0.39 is 45.4 Å². The van der Waals surface area contributed by atoms with Crippen LogP contribution in [0.1, 0.15) is 5.56 Å².